The Kier molecular flexibility index (Phi) is 5.64. The third kappa shape index (κ3) is 6.10. The molecule has 0 saturated heterocycles. The second-order valence-electron chi connectivity index (χ2n) is 3.29. The van der Waals surface area contributed by atoms with Crippen molar-refractivity contribution in [2.24, 2.45) is 5.92 Å². The number of aliphatic hydroxyl groups excluding tert-OH is 1. The Morgan fingerprint density at radius 2 is 2.17 bits per heavy atom. The van der Waals surface area contributed by atoms with E-state index in [-0.39, 0.29) is 5.78 Å². The van der Waals surface area contributed by atoms with Crippen LogP contribution in [0.1, 0.15) is 33.6 Å². The van der Waals surface area contributed by atoms with Crippen LogP contribution in [0.2, 0.25) is 0 Å². The van der Waals surface area contributed by atoms with E-state index in [0.717, 1.165) is 12.8 Å². The molecule has 0 aromatic heterocycles. The highest BCUT2D eigenvalue weighted by Crippen LogP contribution is 2.10. The summed E-state index contributed by atoms with van der Waals surface area (Å²) < 4.78 is 0. The van der Waals surface area contributed by atoms with E-state index in [4.69, 9.17) is 0 Å². The van der Waals surface area contributed by atoms with Crippen molar-refractivity contribution in [1.82, 2.24) is 0 Å². The van der Waals surface area contributed by atoms with E-state index in [9.17, 15) is 9.90 Å². The Balaban J connectivity index is 3.72. The van der Waals surface area contributed by atoms with Crippen LogP contribution in [-0.4, -0.2) is 17.0 Å². The van der Waals surface area contributed by atoms with Gasteiger partial charge in [0.05, 0.1) is 6.10 Å². The molecule has 2 atom stereocenters. The second-order valence-corrected chi connectivity index (χ2v) is 3.29. The van der Waals surface area contributed by atoms with Crippen LogP contribution < -0.4 is 0 Å². The fourth-order valence-corrected chi connectivity index (χ4v) is 0.904. The largest absolute Gasteiger partial charge is 0.389 e. The monoisotopic (exact) mass is 170 g/mol. The Labute approximate surface area is 74.3 Å². The molecule has 0 rings (SSSR count). The van der Waals surface area contributed by atoms with Gasteiger partial charge in [-0.15, -0.1) is 0 Å². The molecule has 2 unspecified atom stereocenters. The number of ketones is 1. The van der Waals surface area contributed by atoms with E-state index in [1.54, 1.807) is 6.08 Å². The highest BCUT2D eigenvalue weighted by atomic mass is 16.3. The van der Waals surface area contributed by atoms with Gasteiger partial charge in [-0.05, 0) is 25.3 Å². The minimum Gasteiger partial charge on any atom is -0.389 e. The van der Waals surface area contributed by atoms with Crippen LogP contribution in [0.5, 0.6) is 0 Å². The Bertz CT molecular complexity index is 161. The lowest BCUT2D eigenvalue weighted by Gasteiger charge is -2.10. The first kappa shape index (κ1) is 11.4. The maximum Gasteiger partial charge on any atom is 0.152 e. The van der Waals surface area contributed by atoms with Gasteiger partial charge in [-0.3, -0.25) is 4.79 Å². The average molecular weight is 170 g/mol. The summed E-state index contributed by atoms with van der Waals surface area (Å²) in [5.74, 6) is 0.495. The minimum atomic E-state index is -0.469. The summed E-state index contributed by atoms with van der Waals surface area (Å²) in [6.45, 7) is 5.66. The quantitative estimate of drug-likeness (QED) is 0.640. The maximum atomic E-state index is 10.5. The normalized spacial score (nSPS) is 16.3. The molecule has 0 heterocycles. The van der Waals surface area contributed by atoms with E-state index in [0.29, 0.717) is 5.92 Å². The maximum absolute atomic E-state index is 10.5. The van der Waals surface area contributed by atoms with E-state index in [1.807, 2.05) is 0 Å². The van der Waals surface area contributed by atoms with Crippen LogP contribution in [-0.2, 0) is 4.79 Å². The predicted molar refractivity (Wildman–Crippen MR) is 49.9 cm³/mol. The molecule has 0 aromatic rings. The molecule has 0 aliphatic rings. The fraction of sp³-hybridized carbons (Fsp3) is 0.700. The van der Waals surface area contributed by atoms with E-state index in [1.165, 1.54) is 13.0 Å². The lowest BCUT2D eigenvalue weighted by atomic mass is 10.0. The summed E-state index contributed by atoms with van der Waals surface area (Å²) >= 11 is 0. The van der Waals surface area contributed by atoms with Crippen LogP contribution >= 0.6 is 0 Å². The summed E-state index contributed by atoms with van der Waals surface area (Å²) in [6.07, 6.45) is 4.32. The first-order valence-electron chi connectivity index (χ1n) is 4.43. The van der Waals surface area contributed by atoms with Crippen molar-refractivity contribution in [2.45, 2.75) is 39.7 Å². The van der Waals surface area contributed by atoms with Gasteiger partial charge in [-0.2, -0.15) is 0 Å². The van der Waals surface area contributed by atoms with Gasteiger partial charge in [0.25, 0.3) is 0 Å². The molecule has 0 spiro atoms. The highest BCUT2D eigenvalue weighted by molar-refractivity contribution is 5.87. The molecule has 0 aliphatic heterocycles. The number of hydrogen-bond acceptors (Lipinski definition) is 2. The van der Waals surface area contributed by atoms with Crippen molar-refractivity contribution in [2.75, 3.05) is 0 Å². The molecule has 2 heteroatoms. The van der Waals surface area contributed by atoms with E-state index < -0.39 is 6.10 Å². The number of allylic oxidation sites excluding steroid dienone is 1. The summed E-state index contributed by atoms with van der Waals surface area (Å²) in [6, 6.07) is 0. The fourth-order valence-electron chi connectivity index (χ4n) is 0.904. The van der Waals surface area contributed by atoms with Gasteiger partial charge >= 0.3 is 0 Å². The first-order valence-corrected chi connectivity index (χ1v) is 4.43. The van der Waals surface area contributed by atoms with Crippen LogP contribution in [0.15, 0.2) is 12.2 Å². The van der Waals surface area contributed by atoms with Crippen LogP contribution in [0.25, 0.3) is 0 Å². The molecule has 2 nitrogen and oxygen atoms in total. The van der Waals surface area contributed by atoms with E-state index >= 15 is 0 Å². The minimum absolute atomic E-state index is 0.0156. The second kappa shape index (κ2) is 5.95. The number of carbonyl (C=O) groups is 1. The lowest BCUT2D eigenvalue weighted by Crippen LogP contribution is -2.08. The zero-order valence-electron chi connectivity index (χ0n) is 8.08. The zero-order valence-corrected chi connectivity index (χ0v) is 8.08. The number of aliphatic hydroxyl groups is 1. The SMILES string of the molecule is CCC(C)CC(O)C=CC(C)=O. The van der Waals surface area contributed by atoms with Gasteiger partial charge in [-0.1, -0.05) is 26.3 Å². The molecular formula is C10H18O2. The summed E-state index contributed by atoms with van der Waals surface area (Å²) in [5.41, 5.74) is 0. The molecular weight excluding hydrogens is 152 g/mol. The van der Waals surface area contributed by atoms with Gasteiger partial charge < -0.3 is 5.11 Å². The number of hydrogen-bond donors (Lipinski definition) is 1. The molecule has 12 heavy (non-hydrogen) atoms. The third-order valence-electron chi connectivity index (χ3n) is 1.89. The molecule has 0 amide bonds. The number of rotatable bonds is 5. The van der Waals surface area contributed by atoms with Crippen molar-refractivity contribution in [3.8, 4) is 0 Å². The van der Waals surface area contributed by atoms with Crippen molar-refractivity contribution in [3.05, 3.63) is 12.2 Å². The molecule has 0 saturated carbocycles. The van der Waals surface area contributed by atoms with Gasteiger partial charge in [0, 0.05) is 0 Å². The molecule has 0 fully saturated rings. The van der Waals surface area contributed by atoms with Crippen molar-refractivity contribution in [1.29, 1.82) is 0 Å². The van der Waals surface area contributed by atoms with Crippen LogP contribution in [0, 0.1) is 5.92 Å². The van der Waals surface area contributed by atoms with Gasteiger partial charge in [-0.25, -0.2) is 0 Å². The van der Waals surface area contributed by atoms with Crippen molar-refractivity contribution < 1.29 is 9.90 Å². The summed E-state index contributed by atoms with van der Waals surface area (Å²) in [7, 11) is 0. The Morgan fingerprint density at radius 3 is 2.58 bits per heavy atom. The van der Waals surface area contributed by atoms with Crippen LogP contribution in [0.3, 0.4) is 0 Å². The molecule has 0 aromatic carbocycles. The number of carbonyl (C=O) groups excluding carboxylic acids is 1. The Morgan fingerprint density at radius 1 is 1.58 bits per heavy atom. The highest BCUT2D eigenvalue weighted by Gasteiger charge is 2.04. The average Bonchev–Trinajstić information content (AvgIpc) is 2.00. The smallest absolute Gasteiger partial charge is 0.152 e. The van der Waals surface area contributed by atoms with Crippen molar-refractivity contribution in [3.63, 3.8) is 0 Å². The standard InChI is InChI=1S/C10H18O2/c1-4-8(2)7-10(12)6-5-9(3)11/h5-6,8,10,12H,4,7H2,1-3H3. The Hall–Kier alpha value is -0.630. The van der Waals surface area contributed by atoms with Crippen LogP contribution in [0.4, 0.5) is 0 Å². The summed E-state index contributed by atoms with van der Waals surface area (Å²) in [5, 5.41) is 9.36. The first-order chi connectivity index (χ1) is 5.56. The van der Waals surface area contributed by atoms with Gasteiger partial charge in [0.1, 0.15) is 0 Å². The topological polar surface area (TPSA) is 37.3 Å². The predicted octanol–water partition coefficient (Wildman–Crippen LogP) is 1.93. The molecule has 0 aliphatic carbocycles. The zero-order chi connectivity index (χ0) is 9.56. The van der Waals surface area contributed by atoms with Crippen molar-refractivity contribution >= 4 is 5.78 Å². The summed E-state index contributed by atoms with van der Waals surface area (Å²) in [4.78, 5) is 10.5. The third-order valence-corrected chi connectivity index (χ3v) is 1.89. The van der Waals surface area contributed by atoms with Gasteiger partial charge in [0.2, 0.25) is 0 Å². The lowest BCUT2D eigenvalue weighted by molar-refractivity contribution is -0.112. The van der Waals surface area contributed by atoms with Gasteiger partial charge in [0.15, 0.2) is 5.78 Å². The molecule has 1 N–H and O–H groups in total. The molecule has 0 radical (unpaired) electrons. The van der Waals surface area contributed by atoms with E-state index in [2.05, 4.69) is 13.8 Å². The molecule has 0 bridgehead atoms. The molecule has 70 valence electrons.